The van der Waals surface area contributed by atoms with Crippen LogP contribution in [0.4, 0.5) is 0 Å². The molecule has 0 nitrogen and oxygen atoms in total. The van der Waals surface area contributed by atoms with Crippen LogP contribution in [0.5, 0.6) is 0 Å². The number of hydrogen-bond acceptors (Lipinski definition) is 0. The largest absolute Gasteiger partial charge is 0.0654 e. The summed E-state index contributed by atoms with van der Waals surface area (Å²) in [7, 11) is 0. The maximum absolute atomic E-state index is 2.32. The monoisotopic (exact) mass is 154 g/mol. The Bertz CT molecular complexity index is 78.0. The zero-order valence-corrected chi connectivity index (χ0v) is 7.94. The van der Waals surface area contributed by atoms with Crippen LogP contribution in [-0.2, 0) is 0 Å². The van der Waals surface area contributed by atoms with Crippen molar-refractivity contribution in [1.29, 1.82) is 0 Å². The number of hydrogen-bond donors (Lipinski definition) is 0. The molecule has 0 atom stereocenters. The zero-order chi connectivity index (χ0) is 7.94. The molecule has 0 aromatic heterocycles. The Labute approximate surface area is 71.4 Å². The Morgan fingerprint density at radius 2 is 1.45 bits per heavy atom. The van der Waals surface area contributed by atoms with E-state index in [2.05, 4.69) is 6.92 Å². The van der Waals surface area contributed by atoms with E-state index in [9.17, 15) is 0 Å². The summed E-state index contributed by atoms with van der Waals surface area (Å²) in [5.41, 5.74) is 0. The summed E-state index contributed by atoms with van der Waals surface area (Å²) in [6.45, 7) is 2.32. The first kappa shape index (κ1) is 9.09. The van der Waals surface area contributed by atoms with E-state index >= 15 is 0 Å². The predicted molar refractivity (Wildman–Crippen MR) is 50.7 cm³/mol. The average Bonchev–Trinajstić information content (AvgIpc) is 1.94. The molecule has 0 radical (unpaired) electrons. The molecule has 0 amide bonds. The first-order valence-corrected chi connectivity index (χ1v) is 5.43. The van der Waals surface area contributed by atoms with E-state index < -0.39 is 0 Å². The van der Waals surface area contributed by atoms with Gasteiger partial charge >= 0.3 is 0 Å². The number of rotatable bonds is 2. The summed E-state index contributed by atoms with van der Waals surface area (Å²) in [4.78, 5) is 0. The quantitative estimate of drug-likeness (QED) is 0.560. The molecule has 0 aromatic carbocycles. The Kier molecular flexibility index (Phi) is 4.65. The summed E-state index contributed by atoms with van der Waals surface area (Å²) in [5, 5.41) is 0. The molecule has 0 spiro atoms. The van der Waals surface area contributed by atoms with Crippen molar-refractivity contribution in [2.24, 2.45) is 5.92 Å². The van der Waals surface area contributed by atoms with Gasteiger partial charge in [0.1, 0.15) is 0 Å². The van der Waals surface area contributed by atoms with Gasteiger partial charge in [0.05, 0.1) is 0 Å². The SMILES string of the molecule is CCCC1CCCCCCC1. The zero-order valence-electron chi connectivity index (χ0n) is 7.94. The van der Waals surface area contributed by atoms with Gasteiger partial charge in [-0.2, -0.15) is 0 Å². The van der Waals surface area contributed by atoms with Crippen molar-refractivity contribution in [1.82, 2.24) is 0 Å². The predicted octanol–water partition coefficient (Wildman–Crippen LogP) is 4.15. The van der Waals surface area contributed by atoms with E-state index in [1.165, 1.54) is 57.8 Å². The highest BCUT2D eigenvalue weighted by atomic mass is 14.1. The van der Waals surface area contributed by atoms with Crippen LogP contribution >= 0.6 is 0 Å². The van der Waals surface area contributed by atoms with Crippen LogP contribution in [-0.4, -0.2) is 0 Å². The molecular weight excluding hydrogens is 132 g/mol. The highest BCUT2D eigenvalue weighted by molar-refractivity contribution is 4.62. The molecule has 11 heavy (non-hydrogen) atoms. The third-order valence-corrected chi connectivity index (χ3v) is 2.92. The lowest BCUT2D eigenvalue weighted by Crippen LogP contribution is -2.02. The Morgan fingerprint density at radius 3 is 2.00 bits per heavy atom. The third kappa shape index (κ3) is 3.79. The second-order valence-electron chi connectivity index (χ2n) is 4.00. The molecule has 0 unspecified atom stereocenters. The minimum absolute atomic E-state index is 1.08. The standard InChI is InChI=1S/C11H22/c1-2-8-11-9-6-4-3-5-7-10-11/h11H,2-10H2,1H3. The van der Waals surface area contributed by atoms with Gasteiger partial charge in [0, 0.05) is 0 Å². The van der Waals surface area contributed by atoms with Crippen molar-refractivity contribution in [3.63, 3.8) is 0 Å². The van der Waals surface area contributed by atoms with Crippen molar-refractivity contribution in [3.05, 3.63) is 0 Å². The van der Waals surface area contributed by atoms with E-state index in [-0.39, 0.29) is 0 Å². The normalized spacial score (nSPS) is 22.6. The van der Waals surface area contributed by atoms with Crippen LogP contribution in [0, 0.1) is 5.92 Å². The topological polar surface area (TPSA) is 0 Å². The van der Waals surface area contributed by atoms with Crippen LogP contribution < -0.4 is 0 Å². The van der Waals surface area contributed by atoms with Gasteiger partial charge in [0.2, 0.25) is 0 Å². The van der Waals surface area contributed by atoms with E-state index in [1.54, 1.807) is 0 Å². The lowest BCUT2D eigenvalue weighted by molar-refractivity contribution is 0.356. The maximum Gasteiger partial charge on any atom is -0.0414 e. The molecule has 0 heterocycles. The van der Waals surface area contributed by atoms with Crippen molar-refractivity contribution in [3.8, 4) is 0 Å². The summed E-state index contributed by atoms with van der Waals surface area (Å²) < 4.78 is 0. The molecule has 0 heteroatoms. The summed E-state index contributed by atoms with van der Waals surface area (Å²) >= 11 is 0. The van der Waals surface area contributed by atoms with Crippen molar-refractivity contribution in [2.45, 2.75) is 64.7 Å². The van der Waals surface area contributed by atoms with E-state index in [0.717, 1.165) is 5.92 Å². The summed E-state index contributed by atoms with van der Waals surface area (Å²) in [5.74, 6) is 1.08. The van der Waals surface area contributed by atoms with Crippen molar-refractivity contribution >= 4 is 0 Å². The van der Waals surface area contributed by atoms with Gasteiger partial charge in [-0.05, 0) is 5.92 Å². The minimum Gasteiger partial charge on any atom is -0.0654 e. The Balaban J connectivity index is 2.15. The van der Waals surface area contributed by atoms with Crippen molar-refractivity contribution < 1.29 is 0 Å². The second kappa shape index (κ2) is 5.62. The molecule has 1 saturated carbocycles. The lowest BCUT2D eigenvalue weighted by atomic mass is 9.88. The maximum atomic E-state index is 2.32. The molecule has 1 aliphatic carbocycles. The molecule has 0 N–H and O–H groups in total. The highest BCUT2D eigenvalue weighted by Crippen LogP contribution is 2.25. The smallest absolute Gasteiger partial charge is 0.0414 e. The van der Waals surface area contributed by atoms with Gasteiger partial charge in [-0.3, -0.25) is 0 Å². The highest BCUT2D eigenvalue weighted by Gasteiger charge is 2.09. The second-order valence-corrected chi connectivity index (χ2v) is 4.00. The molecule has 0 aliphatic heterocycles. The minimum atomic E-state index is 1.08. The lowest BCUT2D eigenvalue weighted by Gasteiger charge is -2.18. The fourth-order valence-corrected chi connectivity index (χ4v) is 2.24. The molecular formula is C11H22. The third-order valence-electron chi connectivity index (χ3n) is 2.92. The van der Waals surface area contributed by atoms with Gasteiger partial charge in [0.25, 0.3) is 0 Å². The first-order valence-electron chi connectivity index (χ1n) is 5.43. The van der Waals surface area contributed by atoms with E-state index in [1.807, 2.05) is 0 Å². The molecule has 0 bridgehead atoms. The Morgan fingerprint density at radius 1 is 0.909 bits per heavy atom. The molecule has 1 fully saturated rings. The van der Waals surface area contributed by atoms with E-state index in [0.29, 0.717) is 0 Å². The summed E-state index contributed by atoms with van der Waals surface area (Å²) in [6, 6.07) is 0. The molecule has 66 valence electrons. The first-order chi connectivity index (χ1) is 5.43. The van der Waals surface area contributed by atoms with Gasteiger partial charge in [-0.1, -0.05) is 64.7 Å². The van der Waals surface area contributed by atoms with Crippen molar-refractivity contribution in [2.75, 3.05) is 0 Å². The van der Waals surface area contributed by atoms with Gasteiger partial charge in [-0.15, -0.1) is 0 Å². The van der Waals surface area contributed by atoms with Crippen LogP contribution in [0.1, 0.15) is 64.7 Å². The van der Waals surface area contributed by atoms with Crippen LogP contribution in [0.3, 0.4) is 0 Å². The average molecular weight is 154 g/mol. The van der Waals surface area contributed by atoms with Crippen LogP contribution in [0.2, 0.25) is 0 Å². The fourth-order valence-electron chi connectivity index (χ4n) is 2.24. The van der Waals surface area contributed by atoms with Gasteiger partial charge in [0.15, 0.2) is 0 Å². The van der Waals surface area contributed by atoms with Gasteiger partial charge < -0.3 is 0 Å². The molecule has 1 aliphatic rings. The molecule has 0 saturated heterocycles. The van der Waals surface area contributed by atoms with E-state index in [4.69, 9.17) is 0 Å². The van der Waals surface area contributed by atoms with Crippen LogP contribution in [0.15, 0.2) is 0 Å². The fraction of sp³-hybridized carbons (Fsp3) is 1.00. The van der Waals surface area contributed by atoms with Crippen LogP contribution in [0.25, 0.3) is 0 Å². The Hall–Kier alpha value is 0. The van der Waals surface area contributed by atoms with Gasteiger partial charge in [-0.25, -0.2) is 0 Å². The molecule has 0 aromatic rings. The summed E-state index contributed by atoms with van der Waals surface area (Å²) in [6.07, 6.45) is 13.4. The molecule has 1 rings (SSSR count).